The molecule has 4 heteroatoms. The van der Waals surface area contributed by atoms with Gasteiger partial charge in [0.05, 0.1) is 11.6 Å². The molecule has 1 aliphatic rings. The molecule has 0 aliphatic carbocycles. The summed E-state index contributed by atoms with van der Waals surface area (Å²) in [6.07, 6.45) is 3.72. The van der Waals surface area contributed by atoms with E-state index >= 15 is 0 Å². The molecule has 1 saturated heterocycles. The lowest BCUT2D eigenvalue weighted by molar-refractivity contribution is 0.109. The van der Waals surface area contributed by atoms with Crippen molar-refractivity contribution in [3.05, 3.63) is 29.8 Å². The van der Waals surface area contributed by atoms with E-state index in [2.05, 4.69) is 17.9 Å². The molecule has 1 aliphatic heterocycles. The van der Waals surface area contributed by atoms with Crippen LogP contribution in [0.2, 0.25) is 0 Å². The first kappa shape index (κ1) is 14.8. The highest BCUT2D eigenvalue weighted by Crippen LogP contribution is 2.19. The molecule has 1 aromatic rings. The van der Waals surface area contributed by atoms with Crippen molar-refractivity contribution < 1.29 is 4.74 Å². The van der Waals surface area contributed by atoms with E-state index in [0.29, 0.717) is 18.2 Å². The fourth-order valence-corrected chi connectivity index (χ4v) is 2.80. The highest BCUT2D eigenvalue weighted by Gasteiger charge is 2.24. The average molecular weight is 273 g/mol. The van der Waals surface area contributed by atoms with Gasteiger partial charge in [-0.15, -0.1) is 0 Å². The Morgan fingerprint density at radius 2 is 2.15 bits per heavy atom. The first-order valence-electron chi connectivity index (χ1n) is 7.33. The highest BCUT2D eigenvalue weighted by atomic mass is 16.5. The lowest BCUT2D eigenvalue weighted by Crippen LogP contribution is -2.50. The van der Waals surface area contributed by atoms with Gasteiger partial charge in [-0.1, -0.05) is 6.42 Å². The molecule has 1 heterocycles. The minimum absolute atomic E-state index is 0.213. The van der Waals surface area contributed by atoms with Crippen molar-refractivity contribution in [3.8, 4) is 11.8 Å². The standard InChI is InChI=1S/C16H23N3O/c1-13(18)16-4-2-3-9-19(16)10-11-20-15-7-5-14(12-17)6-8-15/h5-8,13,16H,2-4,9-11,18H2,1H3. The van der Waals surface area contributed by atoms with Crippen molar-refractivity contribution in [3.63, 3.8) is 0 Å². The summed E-state index contributed by atoms with van der Waals surface area (Å²) in [7, 11) is 0. The Balaban J connectivity index is 1.80. The van der Waals surface area contributed by atoms with Gasteiger partial charge in [0, 0.05) is 18.6 Å². The maximum Gasteiger partial charge on any atom is 0.119 e. The number of rotatable bonds is 5. The number of hydrogen-bond acceptors (Lipinski definition) is 4. The summed E-state index contributed by atoms with van der Waals surface area (Å²) in [5.74, 6) is 0.818. The van der Waals surface area contributed by atoms with E-state index in [1.165, 1.54) is 19.3 Å². The molecule has 1 fully saturated rings. The van der Waals surface area contributed by atoms with E-state index in [-0.39, 0.29) is 6.04 Å². The second-order valence-corrected chi connectivity index (χ2v) is 5.44. The van der Waals surface area contributed by atoms with Gasteiger partial charge >= 0.3 is 0 Å². The SMILES string of the molecule is CC(N)C1CCCCN1CCOc1ccc(C#N)cc1. The van der Waals surface area contributed by atoms with Gasteiger partial charge in [0.25, 0.3) is 0 Å². The van der Waals surface area contributed by atoms with Crippen molar-refractivity contribution in [1.82, 2.24) is 4.90 Å². The van der Waals surface area contributed by atoms with Crippen LogP contribution in [-0.4, -0.2) is 36.7 Å². The Bertz CT molecular complexity index is 450. The molecule has 2 rings (SSSR count). The predicted molar refractivity (Wildman–Crippen MR) is 79.5 cm³/mol. The molecule has 1 aromatic carbocycles. The maximum absolute atomic E-state index is 8.75. The van der Waals surface area contributed by atoms with E-state index < -0.39 is 0 Å². The minimum atomic E-state index is 0.213. The van der Waals surface area contributed by atoms with Crippen molar-refractivity contribution in [2.75, 3.05) is 19.7 Å². The monoisotopic (exact) mass is 273 g/mol. The zero-order chi connectivity index (χ0) is 14.4. The fourth-order valence-electron chi connectivity index (χ4n) is 2.80. The number of nitrogens with zero attached hydrogens (tertiary/aromatic N) is 2. The first-order valence-corrected chi connectivity index (χ1v) is 7.33. The zero-order valence-electron chi connectivity index (χ0n) is 12.1. The quantitative estimate of drug-likeness (QED) is 0.892. The molecule has 0 bridgehead atoms. The normalized spacial score (nSPS) is 21.1. The number of piperidine rings is 1. The molecule has 0 amide bonds. The Morgan fingerprint density at radius 3 is 2.80 bits per heavy atom. The van der Waals surface area contributed by atoms with E-state index in [9.17, 15) is 0 Å². The molecule has 108 valence electrons. The van der Waals surface area contributed by atoms with Gasteiger partial charge in [-0.05, 0) is 50.6 Å². The molecule has 2 unspecified atom stereocenters. The van der Waals surface area contributed by atoms with E-state index in [1.807, 2.05) is 12.1 Å². The summed E-state index contributed by atoms with van der Waals surface area (Å²) in [6.45, 7) is 4.77. The van der Waals surface area contributed by atoms with Gasteiger partial charge < -0.3 is 10.5 Å². The van der Waals surface area contributed by atoms with Crippen LogP contribution in [0.5, 0.6) is 5.75 Å². The summed E-state index contributed by atoms with van der Waals surface area (Å²) in [6, 6.07) is 10.0. The van der Waals surface area contributed by atoms with E-state index in [1.54, 1.807) is 12.1 Å². The van der Waals surface area contributed by atoms with Crippen LogP contribution in [0.1, 0.15) is 31.7 Å². The Hall–Kier alpha value is -1.57. The van der Waals surface area contributed by atoms with Crippen molar-refractivity contribution in [2.24, 2.45) is 5.73 Å². The predicted octanol–water partition coefficient (Wildman–Crippen LogP) is 2.14. The topological polar surface area (TPSA) is 62.3 Å². The van der Waals surface area contributed by atoms with Crippen LogP contribution in [0.4, 0.5) is 0 Å². The first-order chi connectivity index (χ1) is 9.70. The maximum atomic E-state index is 8.75. The molecule has 2 atom stereocenters. The lowest BCUT2D eigenvalue weighted by atomic mass is 9.97. The van der Waals surface area contributed by atoms with Gasteiger partial charge in [0.1, 0.15) is 12.4 Å². The van der Waals surface area contributed by atoms with Crippen LogP contribution in [0.25, 0.3) is 0 Å². The minimum Gasteiger partial charge on any atom is -0.492 e. The van der Waals surface area contributed by atoms with E-state index in [0.717, 1.165) is 18.8 Å². The second kappa shape index (κ2) is 7.28. The van der Waals surface area contributed by atoms with Gasteiger partial charge in [0.2, 0.25) is 0 Å². The zero-order valence-corrected chi connectivity index (χ0v) is 12.1. The Labute approximate surface area is 121 Å². The van der Waals surface area contributed by atoms with Gasteiger partial charge in [-0.3, -0.25) is 4.90 Å². The van der Waals surface area contributed by atoms with Gasteiger partial charge in [-0.25, -0.2) is 0 Å². The van der Waals surface area contributed by atoms with Crippen LogP contribution < -0.4 is 10.5 Å². The highest BCUT2D eigenvalue weighted by molar-refractivity contribution is 5.34. The molecule has 2 N–H and O–H groups in total. The third kappa shape index (κ3) is 3.96. The summed E-state index contributed by atoms with van der Waals surface area (Å²) < 4.78 is 5.74. The molecular formula is C16H23N3O. The molecule has 0 aromatic heterocycles. The Morgan fingerprint density at radius 1 is 1.40 bits per heavy atom. The summed E-state index contributed by atoms with van der Waals surface area (Å²) in [5, 5.41) is 8.75. The molecule has 4 nitrogen and oxygen atoms in total. The number of likely N-dealkylation sites (tertiary alicyclic amines) is 1. The second-order valence-electron chi connectivity index (χ2n) is 5.44. The van der Waals surface area contributed by atoms with Crippen LogP contribution in [0.15, 0.2) is 24.3 Å². The van der Waals surface area contributed by atoms with Gasteiger partial charge in [0.15, 0.2) is 0 Å². The molecular weight excluding hydrogens is 250 g/mol. The third-order valence-electron chi connectivity index (χ3n) is 3.90. The summed E-state index contributed by atoms with van der Waals surface area (Å²) in [5.41, 5.74) is 6.72. The van der Waals surface area contributed by atoms with Crippen molar-refractivity contribution >= 4 is 0 Å². The molecule has 0 spiro atoms. The van der Waals surface area contributed by atoms with Crippen LogP contribution in [-0.2, 0) is 0 Å². The van der Waals surface area contributed by atoms with Crippen LogP contribution in [0.3, 0.4) is 0 Å². The molecule has 20 heavy (non-hydrogen) atoms. The number of nitriles is 1. The van der Waals surface area contributed by atoms with Crippen molar-refractivity contribution in [2.45, 2.75) is 38.3 Å². The summed E-state index contributed by atoms with van der Waals surface area (Å²) >= 11 is 0. The number of benzene rings is 1. The molecule has 0 saturated carbocycles. The third-order valence-corrected chi connectivity index (χ3v) is 3.90. The number of hydrogen-bond donors (Lipinski definition) is 1. The molecule has 0 radical (unpaired) electrons. The lowest BCUT2D eigenvalue weighted by Gasteiger charge is -2.37. The van der Waals surface area contributed by atoms with Gasteiger partial charge in [-0.2, -0.15) is 5.26 Å². The van der Waals surface area contributed by atoms with Crippen LogP contribution >= 0.6 is 0 Å². The van der Waals surface area contributed by atoms with Crippen LogP contribution in [0, 0.1) is 11.3 Å². The number of nitrogens with two attached hydrogens (primary N) is 1. The Kier molecular flexibility index (Phi) is 5.40. The number of ether oxygens (including phenoxy) is 1. The smallest absolute Gasteiger partial charge is 0.119 e. The fraction of sp³-hybridized carbons (Fsp3) is 0.562. The largest absolute Gasteiger partial charge is 0.492 e. The average Bonchev–Trinajstić information content (AvgIpc) is 2.48. The summed E-state index contributed by atoms with van der Waals surface area (Å²) in [4.78, 5) is 2.44. The van der Waals surface area contributed by atoms with E-state index in [4.69, 9.17) is 15.7 Å². The van der Waals surface area contributed by atoms with Crippen molar-refractivity contribution in [1.29, 1.82) is 5.26 Å².